The molecule has 1 heterocycles. The molecule has 2 spiro atoms. The van der Waals surface area contributed by atoms with Gasteiger partial charge in [0.05, 0.1) is 35.6 Å². The maximum atomic E-state index is 11.7. The van der Waals surface area contributed by atoms with Crippen molar-refractivity contribution in [3.8, 4) is 0 Å². The summed E-state index contributed by atoms with van der Waals surface area (Å²) in [4.78, 5) is 0. The average Bonchev–Trinajstić information content (AvgIpc) is 3.08. The summed E-state index contributed by atoms with van der Waals surface area (Å²) in [7, 11) is 0. The minimum atomic E-state index is -0.886. The molecule has 0 aromatic rings. The lowest BCUT2D eigenvalue weighted by Crippen LogP contribution is -2.62. The van der Waals surface area contributed by atoms with E-state index in [9.17, 15) is 20.4 Å². The lowest BCUT2D eigenvalue weighted by molar-refractivity contribution is -0.213. The molecular formula is C30H50O5. The van der Waals surface area contributed by atoms with Crippen LogP contribution in [0.5, 0.6) is 0 Å². The average molecular weight is 491 g/mol. The number of rotatable bonds is 2. The normalized spacial score (nSPS) is 60.9. The first-order valence-electron chi connectivity index (χ1n) is 14.4. The molecule has 1 aliphatic heterocycles. The molecule has 1 saturated heterocycles. The van der Waals surface area contributed by atoms with Crippen LogP contribution in [0.1, 0.15) is 106 Å². The van der Waals surface area contributed by atoms with Crippen LogP contribution < -0.4 is 0 Å². The Morgan fingerprint density at radius 3 is 2.09 bits per heavy atom. The molecule has 4 N–H and O–H groups in total. The Balaban J connectivity index is 1.37. The van der Waals surface area contributed by atoms with Crippen LogP contribution in [0.15, 0.2) is 0 Å². The predicted molar refractivity (Wildman–Crippen MR) is 134 cm³/mol. The van der Waals surface area contributed by atoms with E-state index in [0.717, 1.165) is 51.4 Å². The van der Waals surface area contributed by atoms with E-state index in [4.69, 9.17) is 4.74 Å². The van der Waals surface area contributed by atoms with Gasteiger partial charge in [-0.1, -0.05) is 27.7 Å². The Hall–Kier alpha value is -0.200. The Kier molecular flexibility index (Phi) is 4.92. The van der Waals surface area contributed by atoms with Crippen molar-refractivity contribution in [2.75, 3.05) is 0 Å². The number of aliphatic hydroxyl groups excluding tert-OH is 3. The van der Waals surface area contributed by atoms with Crippen LogP contribution >= 0.6 is 0 Å². The highest BCUT2D eigenvalue weighted by molar-refractivity contribution is 5.33. The zero-order chi connectivity index (χ0) is 25.6. The van der Waals surface area contributed by atoms with Gasteiger partial charge in [0.15, 0.2) is 0 Å². The Labute approximate surface area is 212 Å². The smallest absolute Gasteiger partial charge is 0.0865 e. The van der Waals surface area contributed by atoms with Gasteiger partial charge in [0, 0.05) is 5.92 Å². The van der Waals surface area contributed by atoms with Gasteiger partial charge in [0.25, 0.3) is 0 Å². The van der Waals surface area contributed by atoms with Crippen molar-refractivity contribution in [2.24, 2.45) is 44.8 Å². The molecule has 6 fully saturated rings. The number of aliphatic hydroxyl groups is 4. The van der Waals surface area contributed by atoms with Crippen LogP contribution in [0.25, 0.3) is 0 Å². The predicted octanol–water partition coefficient (Wildman–Crippen LogP) is 4.44. The van der Waals surface area contributed by atoms with Crippen LogP contribution in [0.4, 0.5) is 0 Å². The van der Waals surface area contributed by atoms with Gasteiger partial charge < -0.3 is 25.2 Å². The van der Waals surface area contributed by atoms with Gasteiger partial charge in [-0.3, -0.25) is 0 Å². The fourth-order valence-corrected chi connectivity index (χ4v) is 12.1. The van der Waals surface area contributed by atoms with Crippen molar-refractivity contribution < 1.29 is 25.2 Å². The van der Waals surface area contributed by atoms with Gasteiger partial charge in [0.2, 0.25) is 0 Å². The molecule has 35 heavy (non-hydrogen) atoms. The van der Waals surface area contributed by atoms with E-state index in [1.54, 1.807) is 0 Å². The van der Waals surface area contributed by atoms with E-state index in [0.29, 0.717) is 5.92 Å². The standard InChI is InChI=1S/C30H50O5/c1-24(2)20(33)8-11-30-16-29(30)13-12-26(5)23(28(7)10-9-21(35-28)25(3,4)34)18(32)15-27(26,6)19(29)14-17(31)22(24)30/h17-23,31-34H,8-16H2,1-7H3/t17-,18-,19-,20+,21+,22+,23-,26+,27-,28-,29+,30+/m0/s1. The molecule has 6 aliphatic rings. The number of hydrogen-bond acceptors (Lipinski definition) is 5. The molecule has 0 amide bonds. The van der Waals surface area contributed by atoms with E-state index >= 15 is 0 Å². The quantitative estimate of drug-likeness (QED) is 0.460. The van der Waals surface area contributed by atoms with Gasteiger partial charge in [-0.25, -0.2) is 0 Å². The minimum absolute atomic E-state index is 0.0267. The molecule has 5 aliphatic carbocycles. The van der Waals surface area contributed by atoms with Gasteiger partial charge in [-0.15, -0.1) is 0 Å². The molecular weight excluding hydrogens is 440 g/mol. The zero-order valence-electron chi connectivity index (χ0n) is 23.1. The minimum Gasteiger partial charge on any atom is -0.393 e. The lowest BCUT2D eigenvalue weighted by Gasteiger charge is -2.64. The Morgan fingerprint density at radius 2 is 1.46 bits per heavy atom. The van der Waals surface area contributed by atoms with E-state index in [2.05, 4.69) is 34.6 Å². The fraction of sp³-hybridized carbons (Fsp3) is 1.00. The molecule has 200 valence electrons. The molecule has 0 aromatic carbocycles. The summed E-state index contributed by atoms with van der Waals surface area (Å²) in [5.41, 5.74) is -1.35. The number of hydrogen-bond donors (Lipinski definition) is 4. The molecule has 0 bridgehead atoms. The van der Waals surface area contributed by atoms with Crippen molar-refractivity contribution in [1.82, 2.24) is 0 Å². The molecule has 0 aromatic heterocycles. The number of ether oxygens (including phenoxy) is 1. The molecule has 6 rings (SSSR count). The molecule has 5 heteroatoms. The molecule has 5 saturated carbocycles. The monoisotopic (exact) mass is 490 g/mol. The Morgan fingerprint density at radius 1 is 0.771 bits per heavy atom. The summed E-state index contributed by atoms with van der Waals surface area (Å²) in [6.45, 7) is 15.0. The van der Waals surface area contributed by atoms with Gasteiger partial charge in [-0.05, 0) is 117 Å². The lowest BCUT2D eigenvalue weighted by atomic mass is 9.41. The summed E-state index contributed by atoms with van der Waals surface area (Å²) in [6.07, 6.45) is 7.18. The largest absolute Gasteiger partial charge is 0.393 e. The fourth-order valence-electron chi connectivity index (χ4n) is 12.1. The Bertz CT molecular complexity index is 911. The van der Waals surface area contributed by atoms with Gasteiger partial charge in [0.1, 0.15) is 0 Å². The van der Waals surface area contributed by atoms with Crippen molar-refractivity contribution in [3.05, 3.63) is 0 Å². The number of fused-ring (bicyclic) bond motifs is 2. The second-order valence-electron chi connectivity index (χ2n) is 15.9. The van der Waals surface area contributed by atoms with Crippen molar-refractivity contribution in [2.45, 2.75) is 142 Å². The molecule has 0 radical (unpaired) electrons. The first-order chi connectivity index (χ1) is 16.0. The van der Waals surface area contributed by atoms with Crippen LogP contribution in [0.2, 0.25) is 0 Å². The van der Waals surface area contributed by atoms with E-state index in [1.165, 1.54) is 6.42 Å². The maximum Gasteiger partial charge on any atom is 0.0865 e. The van der Waals surface area contributed by atoms with Crippen molar-refractivity contribution >= 4 is 0 Å². The van der Waals surface area contributed by atoms with Gasteiger partial charge >= 0.3 is 0 Å². The molecule has 5 nitrogen and oxygen atoms in total. The summed E-state index contributed by atoms with van der Waals surface area (Å²) >= 11 is 0. The first-order valence-corrected chi connectivity index (χ1v) is 14.4. The SMILES string of the molecule is CC(C)(O)[C@H]1CC[C@@](C)([C@H]2[C@@H](O)C[C@@]3(C)[C@@H]4C[C@H](O)[C@@H]5C(C)(C)[C@H](O)CC[C@@]56C[C@]46CC[C@]23C)O1. The van der Waals surface area contributed by atoms with E-state index < -0.39 is 23.4 Å². The van der Waals surface area contributed by atoms with Crippen LogP contribution in [-0.4, -0.2) is 56.0 Å². The summed E-state index contributed by atoms with van der Waals surface area (Å²) in [6, 6.07) is 0. The van der Waals surface area contributed by atoms with E-state index in [-0.39, 0.29) is 51.1 Å². The summed E-state index contributed by atoms with van der Waals surface area (Å²) in [5, 5.41) is 45.0. The second-order valence-corrected chi connectivity index (χ2v) is 15.9. The first kappa shape index (κ1) is 25.1. The topological polar surface area (TPSA) is 90.2 Å². The third kappa shape index (κ3) is 2.78. The second kappa shape index (κ2) is 6.86. The highest BCUT2D eigenvalue weighted by Crippen LogP contribution is 2.89. The van der Waals surface area contributed by atoms with Crippen LogP contribution in [0, 0.1) is 44.8 Å². The molecule has 12 atom stereocenters. The third-order valence-electron chi connectivity index (χ3n) is 13.8. The third-order valence-corrected chi connectivity index (χ3v) is 13.8. The van der Waals surface area contributed by atoms with Crippen LogP contribution in [0.3, 0.4) is 0 Å². The zero-order valence-corrected chi connectivity index (χ0v) is 23.1. The van der Waals surface area contributed by atoms with E-state index in [1.807, 2.05) is 13.8 Å². The highest BCUT2D eigenvalue weighted by Gasteiger charge is 2.84. The summed E-state index contributed by atoms with van der Waals surface area (Å²) < 4.78 is 6.66. The van der Waals surface area contributed by atoms with Crippen molar-refractivity contribution in [1.29, 1.82) is 0 Å². The highest BCUT2D eigenvalue weighted by atomic mass is 16.5. The van der Waals surface area contributed by atoms with Gasteiger partial charge in [-0.2, -0.15) is 0 Å². The maximum absolute atomic E-state index is 11.7. The van der Waals surface area contributed by atoms with Crippen molar-refractivity contribution in [3.63, 3.8) is 0 Å². The van der Waals surface area contributed by atoms with Crippen LogP contribution in [-0.2, 0) is 4.74 Å². The molecule has 0 unspecified atom stereocenters. The summed E-state index contributed by atoms with van der Waals surface area (Å²) in [5.74, 6) is 0.577.